The number of piperazine rings is 1. The monoisotopic (exact) mass is 658 g/mol. The Morgan fingerprint density at radius 2 is 1.79 bits per heavy atom. The molecule has 2 saturated heterocycles. The smallest absolute Gasteiger partial charge is 0.404 e. The predicted molar refractivity (Wildman–Crippen MR) is 173 cm³/mol. The number of para-hydroxylation sites is 1. The number of hydrogen-bond donors (Lipinski definition) is 4. The molecule has 6 rings (SSSR count). The van der Waals surface area contributed by atoms with Crippen molar-refractivity contribution in [2.75, 3.05) is 19.6 Å². The lowest BCUT2D eigenvalue weighted by atomic mass is 9.98. The van der Waals surface area contributed by atoms with Crippen LogP contribution in [0.25, 0.3) is 10.9 Å². The fourth-order valence-electron chi connectivity index (χ4n) is 6.23. The van der Waals surface area contributed by atoms with Gasteiger partial charge in [-0.1, -0.05) is 66.7 Å². The van der Waals surface area contributed by atoms with E-state index in [9.17, 15) is 28.7 Å². The highest BCUT2D eigenvalue weighted by Crippen LogP contribution is 2.38. The van der Waals surface area contributed by atoms with Crippen LogP contribution in [0.4, 0.5) is 4.79 Å². The maximum atomic E-state index is 14.3. The van der Waals surface area contributed by atoms with E-state index in [0.717, 1.165) is 22.0 Å². The van der Waals surface area contributed by atoms with Gasteiger partial charge in [0.25, 0.3) is 0 Å². The number of H-pyrrole nitrogens is 1. The van der Waals surface area contributed by atoms with Gasteiger partial charge in [-0.2, -0.15) is 0 Å². The van der Waals surface area contributed by atoms with Crippen LogP contribution in [0.5, 0.6) is 5.75 Å². The van der Waals surface area contributed by atoms with Crippen molar-refractivity contribution in [1.82, 2.24) is 30.1 Å². The highest BCUT2D eigenvalue weighted by atomic mass is 31.2. The normalized spacial score (nSPS) is 18.7. The molecule has 4 amide bonds. The average Bonchev–Trinajstić information content (AvgIpc) is 3.53. The summed E-state index contributed by atoms with van der Waals surface area (Å²) in [5.74, 6) is -0.628. The van der Waals surface area contributed by atoms with Crippen molar-refractivity contribution in [3.05, 3.63) is 114 Å². The zero-order valence-electron chi connectivity index (χ0n) is 25.4. The lowest BCUT2D eigenvalue weighted by Gasteiger charge is -2.55. The van der Waals surface area contributed by atoms with E-state index >= 15 is 0 Å². The third-order valence-corrected chi connectivity index (χ3v) is 8.72. The molecule has 2 aliphatic heterocycles. The summed E-state index contributed by atoms with van der Waals surface area (Å²) in [5, 5.41) is 7.13. The van der Waals surface area contributed by atoms with E-state index in [2.05, 4.69) is 21.4 Å². The number of benzene rings is 3. The Hall–Kier alpha value is -4.94. The van der Waals surface area contributed by atoms with E-state index in [-0.39, 0.29) is 56.7 Å². The molecule has 4 aromatic rings. The van der Waals surface area contributed by atoms with Gasteiger partial charge in [-0.3, -0.25) is 19.4 Å². The molecule has 0 bridgehead atoms. The molecule has 2 fully saturated rings. The summed E-state index contributed by atoms with van der Waals surface area (Å²) < 4.78 is 16.0. The van der Waals surface area contributed by atoms with Crippen LogP contribution in [0.2, 0.25) is 0 Å². The summed E-state index contributed by atoms with van der Waals surface area (Å²) in [5.41, 5.74) is 3.32. The van der Waals surface area contributed by atoms with Gasteiger partial charge < -0.3 is 24.6 Å². The lowest BCUT2D eigenvalue weighted by molar-refractivity contribution is -0.189. The van der Waals surface area contributed by atoms with Gasteiger partial charge in [0.05, 0.1) is 18.6 Å². The molecular formula is C33H35N6O7P. The maximum Gasteiger partial charge on any atom is 0.524 e. The number of rotatable bonds is 10. The summed E-state index contributed by atoms with van der Waals surface area (Å²) in [7, 11) is -4.75. The van der Waals surface area contributed by atoms with Gasteiger partial charge in [-0.25, -0.2) is 19.4 Å². The summed E-state index contributed by atoms with van der Waals surface area (Å²) >= 11 is 0. The van der Waals surface area contributed by atoms with E-state index in [4.69, 9.17) is 0 Å². The van der Waals surface area contributed by atoms with Crippen LogP contribution < -0.4 is 9.84 Å². The zero-order valence-corrected chi connectivity index (χ0v) is 26.3. The topological polar surface area (TPSA) is 159 Å². The van der Waals surface area contributed by atoms with E-state index in [1.54, 1.807) is 28.1 Å². The molecule has 14 heteroatoms. The molecule has 3 aromatic carbocycles. The standard InChI is InChI=1S/C33H35N6O7P/c1-2-17-37-22-30(40)38-28(18-23-11-13-27(14-12-23)46-47(43,44)45)32(41)36(20-26-10-6-9-25-15-16-34-31(25)26)21-29(38)39(37)33(42)35-19-24-7-4-3-5-8-24/h2-16,28-29,34H,1,17-22H2,(H,35,42)(H2,43,44,45)/t28-,29-/m0/s1. The highest BCUT2D eigenvalue weighted by Gasteiger charge is 2.51. The van der Waals surface area contributed by atoms with Gasteiger partial charge >= 0.3 is 13.9 Å². The number of hydrogen-bond acceptors (Lipinski definition) is 6. The first-order valence-electron chi connectivity index (χ1n) is 15.1. The van der Waals surface area contributed by atoms with Crippen LogP contribution in [-0.2, 0) is 33.7 Å². The number of fused-ring (bicyclic) bond motifs is 2. The van der Waals surface area contributed by atoms with Crippen molar-refractivity contribution in [2.24, 2.45) is 0 Å². The molecule has 1 aromatic heterocycles. The van der Waals surface area contributed by atoms with Crippen LogP contribution in [0.3, 0.4) is 0 Å². The molecule has 3 heterocycles. The second-order valence-corrected chi connectivity index (χ2v) is 12.6. The zero-order chi connectivity index (χ0) is 33.1. The number of amides is 4. The molecule has 0 aliphatic carbocycles. The van der Waals surface area contributed by atoms with E-state index < -0.39 is 26.1 Å². The number of carbonyl (C=O) groups excluding carboxylic acids is 3. The first-order valence-corrected chi connectivity index (χ1v) is 16.6. The van der Waals surface area contributed by atoms with Gasteiger partial charge in [-0.15, -0.1) is 6.58 Å². The van der Waals surface area contributed by atoms with Crippen molar-refractivity contribution in [3.63, 3.8) is 0 Å². The summed E-state index contributed by atoms with van der Waals surface area (Å²) in [6, 6.07) is 21.9. The van der Waals surface area contributed by atoms with Gasteiger partial charge in [0, 0.05) is 32.3 Å². The maximum absolute atomic E-state index is 14.3. The Labute approximate surface area is 271 Å². The number of phosphoric ester groups is 1. The van der Waals surface area contributed by atoms with Crippen molar-refractivity contribution < 1.29 is 33.3 Å². The number of phosphoric acid groups is 1. The number of carbonyl (C=O) groups is 3. The molecular weight excluding hydrogens is 623 g/mol. The van der Waals surface area contributed by atoms with Gasteiger partial charge in [0.2, 0.25) is 11.8 Å². The van der Waals surface area contributed by atoms with Gasteiger partial charge in [0.15, 0.2) is 0 Å². The molecule has 13 nitrogen and oxygen atoms in total. The third-order valence-electron chi connectivity index (χ3n) is 8.28. The van der Waals surface area contributed by atoms with Crippen LogP contribution >= 0.6 is 7.82 Å². The molecule has 4 N–H and O–H groups in total. The summed E-state index contributed by atoms with van der Waals surface area (Å²) in [6.45, 7) is 4.49. The minimum absolute atomic E-state index is 0.0361. The van der Waals surface area contributed by atoms with E-state index in [0.29, 0.717) is 5.56 Å². The first kappa shape index (κ1) is 32.0. The molecule has 47 heavy (non-hydrogen) atoms. The molecule has 0 spiro atoms. The molecule has 0 radical (unpaired) electrons. The number of aromatic nitrogens is 1. The summed E-state index contributed by atoms with van der Waals surface area (Å²) in [6.07, 6.45) is 2.73. The Bertz CT molecular complexity index is 1830. The van der Waals surface area contributed by atoms with Crippen LogP contribution in [0.15, 0.2) is 97.7 Å². The molecule has 244 valence electrons. The second-order valence-electron chi connectivity index (χ2n) is 11.4. The first-order chi connectivity index (χ1) is 22.6. The summed E-state index contributed by atoms with van der Waals surface area (Å²) in [4.78, 5) is 66.8. The Morgan fingerprint density at radius 3 is 2.51 bits per heavy atom. The number of nitrogens with zero attached hydrogens (tertiary/aromatic N) is 4. The van der Waals surface area contributed by atoms with Gasteiger partial charge in [-0.05, 0) is 40.3 Å². The minimum atomic E-state index is -4.75. The predicted octanol–water partition coefficient (Wildman–Crippen LogP) is 3.38. The second kappa shape index (κ2) is 13.4. The van der Waals surface area contributed by atoms with Crippen LogP contribution in [0.1, 0.15) is 16.7 Å². The molecule has 2 atom stereocenters. The Balaban J connectivity index is 1.35. The number of nitrogens with one attached hydrogen (secondary N) is 2. The van der Waals surface area contributed by atoms with Crippen molar-refractivity contribution in [1.29, 1.82) is 0 Å². The Morgan fingerprint density at radius 1 is 1.02 bits per heavy atom. The SMILES string of the molecule is C=CCN1CC(=O)N2[C@@H](Cc3ccc(OP(=O)(O)O)cc3)C(=O)N(Cc3cccc4cc[nH]c34)C[C@@H]2N1C(=O)NCc1ccccc1. The fraction of sp³-hybridized carbons (Fsp3) is 0.242. The number of aromatic amines is 1. The van der Waals surface area contributed by atoms with Crippen LogP contribution in [-0.4, -0.2) is 84.3 Å². The molecule has 0 saturated carbocycles. The van der Waals surface area contributed by atoms with Crippen molar-refractivity contribution in [2.45, 2.75) is 31.7 Å². The minimum Gasteiger partial charge on any atom is -0.404 e. The third kappa shape index (κ3) is 7.08. The lowest BCUT2D eigenvalue weighted by Crippen LogP contribution is -2.76. The highest BCUT2D eigenvalue weighted by molar-refractivity contribution is 7.46. The van der Waals surface area contributed by atoms with E-state index in [1.807, 2.05) is 60.8 Å². The number of urea groups is 1. The quantitative estimate of drug-likeness (QED) is 0.149. The Kier molecular flexibility index (Phi) is 9.15. The average molecular weight is 659 g/mol. The van der Waals surface area contributed by atoms with Crippen molar-refractivity contribution >= 4 is 36.6 Å². The molecule has 0 unspecified atom stereocenters. The largest absolute Gasteiger partial charge is 0.524 e. The van der Waals surface area contributed by atoms with Crippen molar-refractivity contribution in [3.8, 4) is 5.75 Å². The molecule has 2 aliphatic rings. The fourth-order valence-corrected chi connectivity index (χ4v) is 6.63. The van der Waals surface area contributed by atoms with E-state index in [1.165, 1.54) is 22.0 Å². The van der Waals surface area contributed by atoms with Gasteiger partial charge in [0.1, 0.15) is 18.0 Å². The van der Waals surface area contributed by atoms with Crippen LogP contribution in [0, 0.1) is 0 Å². The number of hydrazine groups is 1.